The van der Waals surface area contributed by atoms with Crippen LogP contribution in [0.3, 0.4) is 0 Å². The van der Waals surface area contributed by atoms with Gasteiger partial charge in [0.15, 0.2) is 0 Å². The summed E-state index contributed by atoms with van der Waals surface area (Å²) in [4.78, 5) is 7.66. The minimum absolute atomic E-state index is 0.453. The lowest BCUT2D eigenvalue weighted by Gasteiger charge is -1.94. The van der Waals surface area contributed by atoms with Crippen LogP contribution in [0.2, 0.25) is 0 Å². The Morgan fingerprint density at radius 3 is 2.73 bits per heavy atom. The van der Waals surface area contributed by atoms with Crippen LogP contribution in [-0.4, -0.2) is 24.5 Å². The topological polar surface area (TPSA) is 41.8 Å². The van der Waals surface area contributed by atoms with Crippen molar-refractivity contribution in [3.8, 4) is 0 Å². The minimum Gasteiger partial charge on any atom is -0.320 e. The molecule has 0 aromatic carbocycles. The summed E-state index contributed by atoms with van der Waals surface area (Å²) in [6.07, 6.45) is 3.70. The molecule has 4 heteroatoms. The van der Waals surface area contributed by atoms with E-state index in [0.29, 0.717) is 5.66 Å². The molecule has 0 aliphatic heterocycles. The number of hydrogen-bond acceptors (Lipinski definition) is 2. The highest BCUT2D eigenvalue weighted by molar-refractivity contribution is 7.65. The van der Waals surface area contributed by atoms with Crippen LogP contribution in [0.1, 0.15) is 19.8 Å². The molecule has 0 heterocycles. The van der Waals surface area contributed by atoms with E-state index in [1.165, 1.54) is 6.34 Å². The van der Waals surface area contributed by atoms with Gasteiger partial charge in [0.25, 0.3) is 0 Å². The molecule has 1 aliphatic rings. The Kier molecular flexibility index (Phi) is 3.01. The van der Waals surface area contributed by atoms with Crippen molar-refractivity contribution in [1.82, 2.24) is 0 Å². The number of aliphatic imine (C=N–C) groups is 2. The average Bonchev–Trinajstić information content (AvgIpc) is 2.81. The highest BCUT2D eigenvalue weighted by atomic mass is 31.1. The van der Waals surface area contributed by atoms with Gasteiger partial charge in [-0.05, 0) is 19.8 Å². The van der Waals surface area contributed by atoms with E-state index in [9.17, 15) is 4.57 Å². The van der Waals surface area contributed by atoms with E-state index >= 15 is 0 Å². The van der Waals surface area contributed by atoms with E-state index in [-0.39, 0.29) is 0 Å². The first-order valence-corrected chi connectivity index (χ1v) is 5.23. The molecule has 1 aliphatic carbocycles. The standard InChI is InChI=1S/C7H13N2OP/c1-6(9-5-8-2)11(10)7-3-4-7/h5,7,11H,3-4H2,1-2H3/b8-5-,9-6+. The van der Waals surface area contributed by atoms with E-state index < -0.39 is 7.80 Å². The normalized spacial score (nSPS) is 22.5. The van der Waals surface area contributed by atoms with E-state index in [1.807, 2.05) is 6.92 Å². The fourth-order valence-electron chi connectivity index (χ4n) is 0.849. The Hall–Kier alpha value is -0.430. The quantitative estimate of drug-likeness (QED) is 0.363. The van der Waals surface area contributed by atoms with Gasteiger partial charge in [-0.15, -0.1) is 0 Å². The molecule has 0 radical (unpaired) electrons. The molecule has 0 N–H and O–H groups in total. The lowest BCUT2D eigenvalue weighted by atomic mass is 10.8. The maximum absolute atomic E-state index is 11.4. The molecule has 0 aromatic heterocycles. The molecular formula is C7H13N2OP. The first-order valence-electron chi connectivity index (χ1n) is 3.75. The van der Waals surface area contributed by atoms with Crippen LogP contribution >= 0.6 is 7.80 Å². The largest absolute Gasteiger partial charge is 0.320 e. The summed E-state index contributed by atoms with van der Waals surface area (Å²) in [7, 11) is 0.121. The molecular weight excluding hydrogens is 159 g/mol. The molecule has 3 nitrogen and oxygen atoms in total. The van der Waals surface area contributed by atoms with Crippen molar-refractivity contribution in [2.75, 3.05) is 7.05 Å². The van der Waals surface area contributed by atoms with Crippen molar-refractivity contribution in [2.45, 2.75) is 25.4 Å². The molecule has 0 saturated heterocycles. The van der Waals surface area contributed by atoms with Gasteiger partial charge in [-0.25, -0.2) is 4.99 Å². The van der Waals surface area contributed by atoms with Crippen molar-refractivity contribution < 1.29 is 4.57 Å². The second kappa shape index (κ2) is 3.82. The lowest BCUT2D eigenvalue weighted by molar-refractivity contribution is 0.593. The monoisotopic (exact) mass is 172 g/mol. The minimum atomic E-state index is -1.54. The summed E-state index contributed by atoms with van der Waals surface area (Å²) in [6, 6.07) is 0. The SMILES string of the molecule is C/N=C\N=C(/C)[PH](=O)C1CC1. The van der Waals surface area contributed by atoms with Crippen molar-refractivity contribution in [3.63, 3.8) is 0 Å². The Bertz CT molecular complexity index is 218. The Balaban J connectivity index is 2.50. The summed E-state index contributed by atoms with van der Waals surface area (Å²) < 4.78 is 11.4. The second-order valence-corrected chi connectivity index (χ2v) is 5.00. The Morgan fingerprint density at radius 2 is 2.27 bits per heavy atom. The van der Waals surface area contributed by atoms with Crippen LogP contribution in [-0.2, 0) is 4.57 Å². The van der Waals surface area contributed by atoms with E-state index in [1.54, 1.807) is 7.05 Å². The van der Waals surface area contributed by atoms with Crippen LogP contribution < -0.4 is 0 Å². The molecule has 1 unspecified atom stereocenters. The predicted octanol–water partition coefficient (Wildman–Crippen LogP) is 1.78. The summed E-state index contributed by atoms with van der Waals surface area (Å²) in [5.74, 6) is 0. The first-order chi connectivity index (χ1) is 5.25. The molecule has 1 fully saturated rings. The molecule has 11 heavy (non-hydrogen) atoms. The van der Waals surface area contributed by atoms with Crippen LogP contribution in [0.25, 0.3) is 0 Å². The fourth-order valence-corrected chi connectivity index (χ4v) is 2.32. The van der Waals surface area contributed by atoms with Gasteiger partial charge < -0.3 is 4.57 Å². The van der Waals surface area contributed by atoms with Gasteiger partial charge >= 0.3 is 0 Å². The molecule has 1 atom stereocenters. The third-order valence-corrected chi connectivity index (χ3v) is 3.83. The zero-order chi connectivity index (χ0) is 8.27. The van der Waals surface area contributed by atoms with Gasteiger partial charge in [-0.1, -0.05) is 0 Å². The predicted molar refractivity (Wildman–Crippen MR) is 49.5 cm³/mol. The third kappa shape index (κ3) is 2.58. The van der Waals surface area contributed by atoms with Crippen molar-refractivity contribution >= 4 is 19.6 Å². The summed E-state index contributed by atoms with van der Waals surface area (Å²) >= 11 is 0. The van der Waals surface area contributed by atoms with Gasteiger partial charge in [0, 0.05) is 12.7 Å². The highest BCUT2D eigenvalue weighted by Crippen LogP contribution is 2.45. The zero-order valence-electron chi connectivity index (χ0n) is 6.87. The van der Waals surface area contributed by atoms with Crippen LogP contribution in [0.4, 0.5) is 0 Å². The summed E-state index contributed by atoms with van der Waals surface area (Å²) in [5.41, 5.74) is 1.22. The van der Waals surface area contributed by atoms with E-state index in [4.69, 9.17) is 0 Å². The molecule has 62 valence electrons. The van der Waals surface area contributed by atoms with Crippen molar-refractivity contribution in [2.24, 2.45) is 9.98 Å². The van der Waals surface area contributed by atoms with Crippen LogP contribution in [0, 0.1) is 0 Å². The first kappa shape index (κ1) is 8.66. The fraction of sp³-hybridized carbons (Fsp3) is 0.714. The van der Waals surface area contributed by atoms with Gasteiger partial charge in [0.2, 0.25) is 0 Å². The Labute approximate surface area is 67.4 Å². The molecule has 0 aromatic rings. The van der Waals surface area contributed by atoms with E-state index in [0.717, 1.165) is 18.3 Å². The molecule has 0 amide bonds. The zero-order valence-corrected chi connectivity index (χ0v) is 7.87. The second-order valence-electron chi connectivity index (χ2n) is 2.73. The highest BCUT2D eigenvalue weighted by Gasteiger charge is 2.29. The smallest absolute Gasteiger partial charge is 0.120 e. The average molecular weight is 172 g/mol. The maximum atomic E-state index is 11.4. The van der Waals surface area contributed by atoms with Gasteiger partial charge in [-0.3, -0.25) is 4.99 Å². The van der Waals surface area contributed by atoms with Gasteiger partial charge in [0.05, 0.1) is 5.45 Å². The van der Waals surface area contributed by atoms with Gasteiger partial charge in [0.1, 0.15) is 14.1 Å². The molecule has 1 rings (SSSR count). The molecule has 1 saturated carbocycles. The number of hydrogen-bond donors (Lipinski definition) is 0. The van der Waals surface area contributed by atoms with Gasteiger partial charge in [-0.2, -0.15) is 0 Å². The van der Waals surface area contributed by atoms with Crippen molar-refractivity contribution in [1.29, 1.82) is 0 Å². The van der Waals surface area contributed by atoms with Crippen LogP contribution in [0.5, 0.6) is 0 Å². The Morgan fingerprint density at radius 1 is 1.64 bits per heavy atom. The summed E-state index contributed by atoms with van der Waals surface area (Å²) in [5, 5.41) is 0. The summed E-state index contributed by atoms with van der Waals surface area (Å²) in [6.45, 7) is 1.82. The van der Waals surface area contributed by atoms with Crippen molar-refractivity contribution in [3.05, 3.63) is 0 Å². The third-order valence-electron chi connectivity index (χ3n) is 1.67. The maximum Gasteiger partial charge on any atom is 0.120 e. The molecule has 0 spiro atoms. The van der Waals surface area contributed by atoms with E-state index in [2.05, 4.69) is 9.98 Å². The number of rotatable bonds is 3. The number of nitrogens with zero attached hydrogens (tertiary/aromatic N) is 2. The van der Waals surface area contributed by atoms with Crippen LogP contribution in [0.15, 0.2) is 9.98 Å². The lowest BCUT2D eigenvalue weighted by Crippen LogP contribution is -1.87. The molecule has 0 bridgehead atoms.